The first-order chi connectivity index (χ1) is 8.19. The van der Waals surface area contributed by atoms with Crippen LogP contribution < -0.4 is 5.32 Å². The van der Waals surface area contributed by atoms with Gasteiger partial charge < -0.3 is 5.32 Å². The van der Waals surface area contributed by atoms with E-state index in [-0.39, 0.29) is 5.91 Å². The maximum atomic E-state index is 11.9. The second-order valence-corrected chi connectivity index (χ2v) is 6.69. The molecule has 1 amide bonds. The summed E-state index contributed by atoms with van der Waals surface area (Å²) in [5.41, 5.74) is 0.375. The minimum Gasteiger partial charge on any atom is -0.353 e. The fraction of sp³-hybridized carbons (Fsp3) is 0.800. The summed E-state index contributed by atoms with van der Waals surface area (Å²) in [6.07, 6.45) is 10.8. The van der Waals surface area contributed by atoms with Gasteiger partial charge in [0.25, 0.3) is 0 Å². The molecule has 0 saturated heterocycles. The molecule has 0 heterocycles. The largest absolute Gasteiger partial charge is 0.353 e. The van der Waals surface area contributed by atoms with Crippen LogP contribution in [0, 0.1) is 23.2 Å². The lowest BCUT2D eigenvalue weighted by Crippen LogP contribution is -2.48. The lowest BCUT2D eigenvalue weighted by Gasteiger charge is -2.56. The average molecular weight is 233 g/mol. The molecule has 4 aliphatic carbocycles. The molecule has 0 aliphatic heterocycles. The first-order valence-electron chi connectivity index (χ1n) is 7.07. The Balaban J connectivity index is 1.65. The Kier molecular flexibility index (Phi) is 2.76. The molecule has 94 valence electrons. The molecule has 0 aromatic rings. The Labute approximate surface area is 104 Å². The van der Waals surface area contributed by atoms with Gasteiger partial charge in [0.2, 0.25) is 5.91 Å². The minimum absolute atomic E-state index is 0.242. The zero-order valence-corrected chi connectivity index (χ0v) is 10.6. The summed E-state index contributed by atoms with van der Waals surface area (Å²) in [6, 6.07) is 0. The van der Waals surface area contributed by atoms with E-state index >= 15 is 0 Å². The SMILES string of the molecule is C=CCNC(=O)CC12CC3CC(CC(C3)C1)C2. The predicted octanol–water partition coefficient (Wildman–Crippen LogP) is 2.90. The molecule has 0 radical (unpaired) electrons. The standard InChI is InChI=1S/C15H23NO/c1-2-3-16-14(17)10-15-7-11-4-12(8-15)6-13(5-11)9-15/h2,11-13H,1,3-10H2,(H,16,17). The highest BCUT2D eigenvalue weighted by Crippen LogP contribution is 2.61. The number of rotatable bonds is 4. The quantitative estimate of drug-likeness (QED) is 0.743. The van der Waals surface area contributed by atoms with Gasteiger partial charge in [-0.05, 0) is 61.7 Å². The van der Waals surface area contributed by atoms with E-state index in [2.05, 4.69) is 11.9 Å². The second kappa shape index (κ2) is 4.15. The molecule has 4 fully saturated rings. The number of nitrogens with one attached hydrogen (secondary N) is 1. The van der Waals surface area contributed by atoms with Gasteiger partial charge in [-0.2, -0.15) is 0 Å². The van der Waals surface area contributed by atoms with E-state index in [1.165, 1.54) is 38.5 Å². The van der Waals surface area contributed by atoms with Gasteiger partial charge in [0.15, 0.2) is 0 Å². The lowest BCUT2D eigenvalue weighted by molar-refractivity contribution is -0.129. The van der Waals surface area contributed by atoms with E-state index in [1.807, 2.05) is 0 Å². The summed E-state index contributed by atoms with van der Waals surface area (Å²) in [5, 5.41) is 2.95. The highest BCUT2D eigenvalue weighted by Gasteiger charge is 2.51. The molecule has 2 heteroatoms. The smallest absolute Gasteiger partial charge is 0.220 e. The summed E-state index contributed by atoms with van der Waals surface area (Å²) in [6.45, 7) is 4.26. The zero-order valence-electron chi connectivity index (χ0n) is 10.6. The number of hydrogen-bond acceptors (Lipinski definition) is 1. The van der Waals surface area contributed by atoms with Crippen LogP contribution in [0.15, 0.2) is 12.7 Å². The Morgan fingerprint density at radius 3 is 2.18 bits per heavy atom. The summed E-state index contributed by atoms with van der Waals surface area (Å²) in [4.78, 5) is 11.9. The van der Waals surface area contributed by atoms with Gasteiger partial charge >= 0.3 is 0 Å². The van der Waals surface area contributed by atoms with Crippen molar-refractivity contribution in [3.05, 3.63) is 12.7 Å². The number of carbonyl (C=O) groups is 1. The molecule has 4 bridgehead atoms. The third-order valence-corrected chi connectivity index (χ3v) is 5.14. The van der Waals surface area contributed by atoms with Crippen LogP contribution in [0.5, 0.6) is 0 Å². The molecule has 0 unspecified atom stereocenters. The summed E-state index contributed by atoms with van der Waals surface area (Å²) >= 11 is 0. The van der Waals surface area contributed by atoms with Gasteiger partial charge in [-0.25, -0.2) is 0 Å². The molecule has 0 spiro atoms. The third-order valence-electron chi connectivity index (χ3n) is 5.14. The van der Waals surface area contributed by atoms with Crippen LogP contribution in [-0.4, -0.2) is 12.5 Å². The summed E-state index contributed by atoms with van der Waals surface area (Å²) in [5.74, 6) is 3.06. The maximum Gasteiger partial charge on any atom is 0.220 e. The Bertz CT molecular complexity index is 299. The molecule has 17 heavy (non-hydrogen) atoms. The molecule has 4 aliphatic rings. The Hall–Kier alpha value is -0.790. The fourth-order valence-electron chi connectivity index (χ4n) is 5.10. The monoisotopic (exact) mass is 233 g/mol. The molecular formula is C15H23NO. The lowest BCUT2D eigenvalue weighted by atomic mass is 9.49. The Morgan fingerprint density at radius 2 is 1.71 bits per heavy atom. The minimum atomic E-state index is 0.242. The summed E-state index contributed by atoms with van der Waals surface area (Å²) in [7, 11) is 0. The van der Waals surface area contributed by atoms with E-state index in [0.29, 0.717) is 12.0 Å². The number of carbonyl (C=O) groups excluding carboxylic acids is 1. The van der Waals surface area contributed by atoms with Crippen LogP contribution in [0.3, 0.4) is 0 Å². The first kappa shape index (κ1) is 11.3. The van der Waals surface area contributed by atoms with Gasteiger partial charge in [0.1, 0.15) is 0 Å². The molecule has 2 nitrogen and oxygen atoms in total. The van der Waals surface area contributed by atoms with Gasteiger partial charge in [0, 0.05) is 13.0 Å². The third kappa shape index (κ3) is 2.14. The molecule has 0 aromatic heterocycles. The fourth-order valence-corrected chi connectivity index (χ4v) is 5.10. The molecule has 4 rings (SSSR count). The van der Waals surface area contributed by atoms with Gasteiger partial charge in [-0.1, -0.05) is 6.08 Å². The molecule has 0 aromatic carbocycles. The number of amides is 1. The van der Waals surface area contributed by atoms with Crippen LogP contribution in [0.4, 0.5) is 0 Å². The van der Waals surface area contributed by atoms with Crippen molar-refractivity contribution in [2.24, 2.45) is 23.2 Å². The Morgan fingerprint density at radius 1 is 1.18 bits per heavy atom. The van der Waals surface area contributed by atoms with Crippen LogP contribution in [-0.2, 0) is 4.79 Å². The van der Waals surface area contributed by atoms with Gasteiger partial charge in [0.05, 0.1) is 0 Å². The van der Waals surface area contributed by atoms with Crippen molar-refractivity contribution >= 4 is 5.91 Å². The summed E-state index contributed by atoms with van der Waals surface area (Å²) < 4.78 is 0. The molecule has 1 N–H and O–H groups in total. The molecule has 4 saturated carbocycles. The highest BCUT2D eigenvalue weighted by atomic mass is 16.1. The van der Waals surface area contributed by atoms with E-state index in [4.69, 9.17) is 0 Å². The van der Waals surface area contributed by atoms with Crippen molar-refractivity contribution in [3.63, 3.8) is 0 Å². The van der Waals surface area contributed by atoms with Crippen molar-refractivity contribution in [2.75, 3.05) is 6.54 Å². The van der Waals surface area contributed by atoms with E-state index < -0.39 is 0 Å². The van der Waals surface area contributed by atoms with E-state index in [1.54, 1.807) is 6.08 Å². The highest BCUT2D eigenvalue weighted by molar-refractivity contribution is 5.76. The topological polar surface area (TPSA) is 29.1 Å². The van der Waals surface area contributed by atoms with Crippen molar-refractivity contribution in [1.29, 1.82) is 0 Å². The van der Waals surface area contributed by atoms with Crippen molar-refractivity contribution < 1.29 is 4.79 Å². The van der Waals surface area contributed by atoms with Crippen LogP contribution in [0.2, 0.25) is 0 Å². The zero-order chi connectivity index (χ0) is 11.9. The van der Waals surface area contributed by atoms with Crippen molar-refractivity contribution in [3.8, 4) is 0 Å². The van der Waals surface area contributed by atoms with E-state index in [9.17, 15) is 4.79 Å². The van der Waals surface area contributed by atoms with Gasteiger partial charge in [-0.3, -0.25) is 4.79 Å². The van der Waals surface area contributed by atoms with Crippen molar-refractivity contribution in [1.82, 2.24) is 5.32 Å². The number of hydrogen-bond donors (Lipinski definition) is 1. The predicted molar refractivity (Wildman–Crippen MR) is 68.4 cm³/mol. The van der Waals surface area contributed by atoms with Crippen LogP contribution in [0.1, 0.15) is 44.9 Å². The van der Waals surface area contributed by atoms with Crippen LogP contribution >= 0.6 is 0 Å². The molecular weight excluding hydrogens is 210 g/mol. The van der Waals surface area contributed by atoms with Gasteiger partial charge in [-0.15, -0.1) is 6.58 Å². The normalized spacial score (nSPS) is 42.5. The average Bonchev–Trinajstić information content (AvgIpc) is 2.23. The van der Waals surface area contributed by atoms with Crippen molar-refractivity contribution in [2.45, 2.75) is 44.9 Å². The van der Waals surface area contributed by atoms with Crippen LogP contribution in [0.25, 0.3) is 0 Å². The van der Waals surface area contributed by atoms with E-state index in [0.717, 1.165) is 24.2 Å². The molecule has 0 atom stereocenters. The maximum absolute atomic E-state index is 11.9. The first-order valence-corrected chi connectivity index (χ1v) is 7.07. The second-order valence-electron chi connectivity index (χ2n) is 6.69.